The van der Waals surface area contributed by atoms with E-state index in [9.17, 15) is 0 Å². The number of allylic oxidation sites excluding steroid dienone is 2. The molecular weight excluding hydrogens is 168 g/mol. The Morgan fingerprint density at radius 2 is 0.643 bits per heavy atom. The van der Waals surface area contributed by atoms with Crippen molar-refractivity contribution in [1.82, 2.24) is 0 Å². The molecule has 0 aromatic carbocycles. The average Bonchev–Trinajstić information content (AvgIpc) is 2.26. The van der Waals surface area contributed by atoms with E-state index in [0.29, 0.717) is 0 Å². The number of hydrogen-bond donors (Lipinski definition) is 0. The number of hydrogen-bond acceptors (Lipinski definition) is 0. The van der Waals surface area contributed by atoms with Gasteiger partial charge >= 0.3 is 0 Å². The molecule has 0 aliphatic carbocycles. The zero-order valence-electron chi connectivity index (χ0n) is 12.6. The lowest BCUT2D eigenvalue weighted by Gasteiger charge is -1.49. The van der Waals surface area contributed by atoms with Crippen LogP contribution in [-0.2, 0) is 0 Å². The molecule has 0 aliphatic rings. The van der Waals surface area contributed by atoms with Gasteiger partial charge in [-0.2, -0.15) is 0 Å². The molecule has 0 amide bonds. The predicted octanol–water partition coefficient (Wildman–Crippen LogP) is 6.47. The van der Waals surface area contributed by atoms with Crippen molar-refractivity contribution in [3.8, 4) is 0 Å². The zero-order valence-corrected chi connectivity index (χ0v) is 12.6. The smallest absolute Gasteiger partial charge is 0.0470 e. The van der Waals surface area contributed by atoms with Crippen molar-refractivity contribution in [3.63, 3.8) is 0 Å². The Balaban J connectivity index is -0.0000000249. The van der Waals surface area contributed by atoms with Gasteiger partial charge in [-0.3, -0.25) is 0 Å². The zero-order chi connectivity index (χ0) is 12.8. The normalized spacial score (nSPS) is 6.14. The van der Waals surface area contributed by atoms with Gasteiger partial charge in [-0.1, -0.05) is 80.4 Å². The largest absolute Gasteiger partial charge is 0.0919 e. The van der Waals surface area contributed by atoms with Crippen LogP contribution in [0.15, 0.2) is 12.2 Å². The Bertz CT molecular complexity index is 29.3. The Labute approximate surface area is 94.8 Å². The molecule has 0 bridgehead atoms. The monoisotopic (exact) mass is 204 g/mol. The van der Waals surface area contributed by atoms with Crippen LogP contribution >= 0.6 is 0 Å². The van der Waals surface area contributed by atoms with Crippen LogP contribution < -0.4 is 0 Å². The van der Waals surface area contributed by atoms with Gasteiger partial charge in [0.1, 0.15) is 0 Å². The Morgan fingerprint density at radius 1 is 0.571 bits per heavy atom. The molecule has 0 N–H and O–H groups in total. The summed E-state index contributed by atoms with van der Waals surface area (Å²) in [5.74, 6) is 0. The summed E-state index contributed by atoms with van der Waals surface area (Å²) in [4.78, 5) is 0. The summed E-state index contributed by atoms with van der Waals surface area (Å²) < 4.78 is 0. The van der Waals surface area contributed by atoms with E-state index in [-0.39, 0.29) is 0 Å². The summed E-state index contributed by atoms with van der Waals surface area (Å²) in [6, 6.07) is 0. The maximum Gasteiger partial charge on any atom is -0.0470 e. The van der Waals surface area contributed by atoms with Gasteiger partial charge in [0.2, 0.25) is 0 Å². The minimum absolute atomic E-state index is 1.25. The topological polar surface area (TPSA) is 0 Å². The minimum Gasteiger partial charge on any atom is -0.0919 e. The second-order valence-electron chi connectivity index (χ2n) is 2.08. The van der Waals surface area contributed by atoms with Crippen molar-refractivity contribution in [2.75, 3.05) is 0 Å². The molecule has 0 heterocycles. The highest BCUT2D eigenvalue weighted by Gasteiger charge is 1.36. The first kappa shape index (κ1) is 29.2. The Kier molecular flexibility index (Phi) is 262. The van der Waals surface area contributed by atoms with Gasteiger partial charge in [0, 0.05) is 0 Å². The molecule has 0 aliphatic heterocycles. The van der Waals surface area contributed by atoms with Crippen molar-refractivity contribution >= 4 is 0 Å². The van der Waals surface area contributed by atoms with Gasteiger partial charge in [0.15, 0.2) is 0 Å². The fourth-order valence-electron chi connectivity index (χ4n) is 0. The van der Waals surface area contributed by atoms with Crippen molar-refractivity contribution < 1.29 is 0 Å². The maximum absolute atomic E-state index is 2.12. The molecule has 0 atom stereocenters. The van der Waals surface area contributed by atoms with E-state index in [1.807, 2.05) is 53.7 Å². The lowest BCUT2D eigenvalue weighted by atomic mass is 10.6. The van der Waals surface area contributed by atoms with E-state index in [1.165, 1.54) is 12.8 Å². The molecule has 0 saturated heterocycles. The van der Waals surface area contributed by atoms with E-state index in [4.69, 9.17) is 0 Å². The van der Waals surface area contributed by atoms with Crippen molar-refractivity contribution in [2.45, 2.75) is 82.1 Å². The molecule has 0 spiro atoms. The van der Waals surface area contributed by atoms with Crippen molar-refractivity contribution in [1.29, 1.82) is 0 Å². The summed E-state index contributed by atoms with van der Waals surface area (Å²) in [6.07, 6.45) is 6.50. The van der Waals surface area contributed by atoms with Gasteiger partial charge in [-0.05, 0) is 13.8 Å². The molecule has 0 nitrogen and oxygen atoms in total. The van der Waals surface area contributed by atoms with E-state index in [1.54, 1.807) is 0 Å². The van der Waals surface area contributed by atoms with Gasteiger partial charge in [0.05, 0.1) is 0 Å². The molecule has 0 rings (SSSR count). The van der Waals surface area contributed by atoms with Crippen LogP contribution in [0.4, 0.5) is 0 Å². The van der Waals surface area contributed by atoms with Gasteiger partial charge < -0.3 is 0 Å². The van der Waals surface area contributed by atoms with Crippen molar-refractivity contribution in [2.24, 2.45) is 0 Å². The molecule has 0 aromatic rings. The second kappa shape index (κ2) is 126. The van der Waals surface area contributed by atoms with Crippen LogP contribution in [0.2, 0.25) is 0 Å². The van der Waals surface area contributed by atoms with Crippen LogP contribution in [0.3, 0.4) is 0 Å². The van der Waals surface area contributed by atoms with E-state index >= 15 is 0 Å². The van der Waals surface area contributed by atoms with Gasteiger partial charge in [-0.15, -0.1) is 0 Å². The number of rotatable bonds is 0. The minimum atomic E-state index is 1.25. The van der Waals surface area contributed by atoms with Crippen LogP contribution in [0, 0.1) is 0 Å². The highest BCUT2D eigenvalue weighted by molar-refractivity contribution is 4.68. The molecule has 0 fully saturated rings. The van der Waals surface area contributed by atoms with Crippen LogP contribution in [0.5, 0.6) is 0 Å². The van der Waals surface area contributed by atoms with E-state index in [0.717, 1.165) is 0 Å². The quantitative estimate of drug-likeness (QED) is 0.397. The standard InChI is InChI=1S/C4H8.2C3H8.2C2H6/c1-3-4-2;2*1-3-2;2*1-2/h3-4H,1-2H3;2*3H2,1-2H3;2*1-2H3/b4-3+;;;;. The van der Waals surface area contributed by atoms with E-state index in [2.05, 4.69) is 27.7 Å². The van der Waals surface area contributed by atoms with Crippen LogP contribution in [0.25, 0.3) is 0 Å². The highest BCUT2D eigenvalue weighted by Crippen LogP contribution is 1.57. The lowest BCUT2D eigenvalue weighted by molar-refractivity contribution is 1.09. The third-order valence-corrected chi connectivity index (χ3v) is 0.333. The summed E-state index contributed by atoms with van der Waals surface area (Å²) in [7, 11) is 0. The predicted molar refractivity (Wildman–Crippen MR) is 75.1 cm³/mol. The van der Waals surface area contributed by atoms with Gasteiger partial charge in [0.25, 0.3) is 0 Å². The molecule has 14 heavy (non-hydrogen) atoms. The van der Waals surface area contributed by atoms with Crippen LogP contribution in [0.1, 0.15) is 82.1 Å². The summed E-state index contributed by atoms with van der Waals surface area (Å²) in [5.41, 5.74) is 0. The SMILES string of the molecule is C/C=C/C.CC.CC.CCC.CCC. The maximum atomic E-state index is 2.12. The molecule has 0 unspecified atom stereocenters. The third kappa shape index (κ3) is 2470. The molecule has 0 aromatic heterocycles. The van der Waals surface area contributed by atoms with E-state index < -0.39 is 0 Å². The third-order valence-electron chi connectivity index (χ3n) is 0.333. The first-order chi connectivity index (χ1) is 6.74. The fourth-order valence-corrected chi connectivity index (χ4v) is 0. The Hall–Kier alpha value is -0.260. The average molecular weight is 204 g/mol. The molecule has 0 heteroatoms. The molecule has 0 radical (unpaired) electrons. The second-order valence-corrected chi connectivity index (χ2v) is 2.08. The molecule has 92 valence electrons. The molecule has 0 saturated carbocycles. The first-order valence-electron chi connectivity index (χ1n) is 6.32. The summed E-state index contributed by atoms with van der Waals surface area (Å²) >= 11 is 0. The fraction of sp³-hybridized carbons (Fsp3) is 0.857. The lowest BCUT2D eigenvalue weighted by Crippen LogP contribution is -1.27. The van der Waals surface area contributed by atoms with Crippen LogP contribution in [-0.4, -0.2) is 0 Å². The Morgan fingerprint density at radius 3 is 0.643 bits per heavy atom. The summed E-state index contributed by atoms with van der Waals surface area (Å²) in [6.45, 7) is 20.5. The van der Waals surface area contributed by atoms with Gasteiger partial charge in [-0.25, -0.2) is 0 Å². The first-order valence-corrected chi connectivity index (χ1v) is 6.32. The van der Waals surface area contributed by atoms with Crippen molar-refractivity contribution in [3.05, 3.63) is 12.2 Å². The summed E-state index contributed by atoms with van der Waals surface area (Å²) in [5, 5.41) is 0. The highest BCUT2D eigenvalue weighted by atomic mass is 13.4. The molecular formula is C14H36.